The number of carbonyl (C=O) groups excluding carboxylic acids is 2. The van der Waals surface area contributed by atoms with E-state index in [1.54, 1.807) is 0 Å². The molecule has 0 saturated carbocycles. The Labute approximate surface area is 117 Å². The quantitative estimate of drug-likeness (QED) is 0.470. The Morgan fingerprint density at radius 2 is 1.90 bits per heavy atom. The Morgan fingerprint density at radius 3 is 2.50 bits per heavy atom. The van der Waals surface area contributed by atoms with Gasteiger partial charge in [-0.15, -0.1) is 0 Å². The lowest BCUT2D eigenvalue weighted by molar-refractivity contribution is -0.129. The molecule has 0 spiro atoms. The first kappa shape index (κ1) is 15.8. The molecular weight excluding hydrogens is 261 g/mol. The number of benzene rings is 1. The van der Waals surface area contributed by atoms with Gasteiger partial charge in [-0.25, -0.2) is 9.82 Å². The Bertz CT molecular complexity index is 484. The van der Waals surface area contributed by atoms with Gasteiger partial charge in [0.05, 0.1) is 6.21 Å². The van der Waals surface area contributed by atoms with Gasteiger partial charge >= 0.3 is 0 Å². The molecule has 0 fully saturated rings. The van der Waals surface area contributed by atoms with Crippen LogP contribution in [0, 0.1) is 11.7 Å². The summed E-state index contributed by atoms with van der Waals surface area (Å²) in [7, 11) is 0. The summed E-state index contributed by atoms with van der Waals surface area (Å²) in [5, 5.41) is 6.33. The average molecular weight is 279 g/mol. The summed E-state index contributed by atoms with van der Waals surface area (Å²) in [5.41, 5.74) is 2.89. The van der Waals surface area contributed by atoms with Crippen LogP contribution in [0.4, 0.5) is 4.39 Å². The fraction of sp³-hybridized carbons (Fsp3) is 0.357. The highest BCUT2D eigenvalue weighted by molar-refractivity contribution is 5.97. The van der Waals surface area contributed by atoms with Crippen LogP contribution in [0.25, 0.3) is 0 Å². The number of rotatable bonds is 6. The maximum atomic E-state index is 12.7. The van der Waals surface area contributed by atoms with Gasteiger partial charge in [0.15, 0.2) is 0 Å². The fourth-order valence-corrected chi connectivity index (χ4v) is 1.29. The van der Waals surface area contributed by atoms with E-state index >= 15 is 0 Å². The first-order chi connectivity index (χ1) is 9.47. The summed E-state index contributed by atoms with van der Waals surface area (Å²) in [6.07, 6.45) is 1.11. The minimum absolute atomic E-state index is 0.270. The molecule has 0 atom stereocenters. The molecule has 0 unspecified atom stereocenters. The summed E-state index contributed by atoms with van der Waals surface area (Å²) in [4.78, 5) is 22.8. The third-order valence-corrected chi connectivity index (χ3v) is 2.30. The highest BCUT2D eigenvalue weighted by Gasteiger charge is 2.08. The fourth-order valence-electron chi connectivity index (χ4n) is 1.29. The topological polar surface area (TPSA) is 70.6 Å². The van der Waals surface area contributed by atoms with E-state index in [1.807, 2.05) is 13.8 Å². The van der Waals surface area contributed by atoms with Crippen LogP contribution in [0.15, 0.2) is 29.4 Å². The Balaban J connectivity index is 2.32. The maximum Gasteiger partial charge on any atom is 0.249 e. The van der Waals surface area contributed by atoms with Crippen molar-refractivity contribution < 1.29 is 14.0 Å². The molecular formula is C14H18FN3O2. The van der Waals surface area contributed by atoms with Crippen LogP contribution < -0.4 is 10.7 Å². The molecule has 2 amide bonds. The molecule has 20 heavy (non-hydrogen) atoms. The molecule has 6 heteroatoms. The van der Waals surface area contributed by atoms with E-state index in [2.05, 4.69) is 15.8 Å². The SMILES string of the molecule is CC(C)CNC(=O)CC(=O)NN=Cc1ccc(F)cc1. The van der Waals surface area contributed by atoms with Crippen LogP contribution in [0.2, 0.25) is 0 Å². The predicted molar refractivity (Wildman–Crippen MR) is 74.6 cm³/mol. The van der Waals surface area contributed by atoms with Crippen LogP contribution in [0.5, 0.6) is 0 Å². The summed E-state index contributed by atoms with van der Waals surface area (Å²) in [5.74, 6) is -0.843. The smallest absolute Gasteiger partial charge is 0.249 e. The third-order valence-electron chi connectivity index (χ3n) is 2.30. The third kappa shape index (κ3) is 6.63. The monoisotopic (exact) mass is 279 g/mol. The summed E-state index contributed by atoms with van der Waals surface area (Å²) >= 11 is 0. The molecule has 0 bridgehead atoms. The van der Waals surface area contributed by atoms with E-state index in [-0.39, 0.29) is 18.1 Å². The summed E-state index contributed by atoms with van der Waals surface area (Å²) in [6.45, 7) is 4.46. The van der Waals surface area contributed by atoms with Crippen molar-refractivity contribution >= 4 is 18.0 Å². The molecule has 5 nitrogen and oxygen atoms in total. The van der Waals surface area contributed by atoms with Crippen LogP contribution in [-0.4, -0.2) is 24.6 Å². The first-order valence-electron chi connectivity index (χ1n) is 6.31. The molecule has 1 aromatic rings. The van der Waals surface area contributed by atoms with Gasteiger partial charge in [-0.2, -0.15) is 5.10 Å². The second-order valence-electron chi connectivity index (χ2n) is 4.72. The lowest BCUT2D eigenvalue weighted by Gasteiger charge is -2.06. The second kappa shape index (κ2) is 8.04. The van der Waals surface area contributed by atoms with Gasteiger partial charge in [-0.3, -0.25) is 9.59 Å². The van der Waals surface area contributed by atoms with Crippen molar-refractivity contribution in [1.29, 1.82) is 0 Å². The lowest BCUT2D eigenvalue weighted by atomic mass is 10.2. The van der Waals surface area contributed by atoms with Crippen molar-refractivity contribution in [3.05, 3.63) is 35.6 Å². The van der Waals surface area contributed by atoms with Crippen molar-refractivity contribution in [2.75, 3.05) is 6.54 Å². The number of nitrogens with one attached hydrogen (secondary N) is 2. The number of hydrogen-bond acceptors (Lipinski definition) is 3. The Hall–Kier alpha value is -2.24. The molecule has 0 aromatic heterocycles. The first-order valence-corrected chi connectivity index (χ1v) is 6.31. The predicted octanol–water partition coefficient (Wildman–Crippen LogP) is 1.44. The van der Waals surface area contributed by atoms with E-state index in [0.717, 1.165) is 0 Å². The molecule has 1 rings (SSSR count). The Kier molecular flexibility index (Phi) is 6.36. The van der Waals surface area contributed by atoms with Gasteiger partial charge in [-0.1, -0.05) is 26.0 Å². The molecule has 0 aliphatic rings. The van der Waals surface area contributed by atoms with Crippen molar-refractivity contribution in [2.24, 2.45) is 11.0 Å². The van der Waals surface area contributed by atoms with Gasteiger partial charge in [0.1, 0.15) is 12.2 Å². The highest BCUT2D eigenvalue weighted by Crippen LogP contribution is 1.99. The standard InChI is InChI=1S/C14H18FN3O2/c1-10(2)8-16-13(19)7-14(20)18-17-9-11-3-5-12(15)6-4-11/h3-6,9-10H,7-8H2,1-2H3,(H,16,19)(H,18,20). The molecule has 0 heterocycles. The molecule has 0 radical (unpaired) electrons. The zero-order valence-corrected chi connectivity index (χ0v) is 11.5. The van der Waals surface area contributed by atoms with Crippen molar-refractivity contribution in [1.82, 2.24) is 10.7 Å². The van der Waals surface area contributed by atoms with E-state index < -0.39 is 5.91 Å². The number of hydrogen-bond donors (Lipinski definition) is 2. The van der Waals surface area contributed by atoms with E-state index in [1.165, 1.54) is 30.5 Å². The number of carbonyl (C=O) groups is 2. The molecule has 0 saturated heterocycles. The lowest BCUT2D eigenvalue weighted by Crippen LogP contribution is -2.32. The largest absolute Gasteiger partial charge is 0.355 e. The second-order valence-corrected chi connectivity index (χ2v) is 4.72. The van der Waals surface area contributed by atoms with Gasteiger partial charge in [0, 0.05) is 6.54 Å². The minimum atomic E-state index is -0.496. The van der Waals surface area contributed by atoms with Crippen LogP contribution >= 0.6 is 0 Å². The van der Waals surface area contributed by atoms with Gasteiger partial charge in [-0.05, 0) is 23.6 Å². The zero-order chi connectivity index (χ0) is 15.0. The van der Waals surface area contributed by atoms with Crippen LogP contribution in [0.1, 0.15) is 25.8 Å². The zero-order valence-electron chi connectivity index (χ0n) is 11.5. The molecule has 108 valence electrons. The van der Waals surface area contributed by atoms with Crippen molar-refractivity contribution in [2.45, 2.75) is 20.3 Å². The molecule has 1 aromatic carbocycles. The van der Waals surface area contributed by atoms with Crippen LogP contribution in [-0.2, 0) is 9.59 Å². The van der Waals surface area contributed by atoms with Gasteiger partial charge < -0.3 is 5.32 Å². The Morgan fingerprint density at radius 1 is 1.25 bits per heavy atom. The van der Waals surface area contributed by atoms with Gasteiger partial charge in [0.2, 0.25) is 11.8 Å². The number of amides is 2. The summed E-state index contributed by atoms with van der Waals surface area (Å²) in [6, 6.07) is 5.64. The van der Waals surface area contributed by atoms with Gasteiger partial charge in [0.25, 0.3) is 0 Å². The number of hydrazone groups is 1. The number of halogens is 1. The maximum absolute atomic E-state index is 12.7. The van der Waals surface area contributed by atoms with Crippen molar-refractivity contribution in [3.63, 3.8) is 0 Å². The van der Waals surface area contributed by atoms with E-state index in [0.29, 0.717) is 18.0 Å². The summed E-state index contributed by atoms with van der Waals surface area (Å²) < 4.78 is 12.7. The van der Waals surface area contributed by atoms with E-state index in [9.17, 15) is 14.0 Å². The van der Waals surface area contributed by atoms with E-state index in [4.69, 9.17) is 0 Å². The molecule has 0 aliphatic carbocycles. The molecule has 0 aliphatic heterocycles. The number of nitrogens with zero attached hydrogens (tertiary/aromatic N) is 1. The van der Waals surface area contributed by atoms with Crippen LogP contribution in [0.3, 0.4) is 0 Å². The minimum Gasteiger partial charge on any atom is -0.355 e. The highest BCUT2D eigenvalue weighted by atomic mass is 19.1. The average Bonchev–Trinajstić information content (AvgIpc) is 2.38. The van der Waals surface area contributed by atoms with Crippen molar-refractivity contribution in [3.8, 4) is 0 Å². The molecule has 2 N–H and O–H groups in total. The normalized spacial score (nSPS) is 10.8.